The van der Waals surface area contributed by atoms with Crippen molar-refractivity contribution in [1.82, 2.24) is 15.2 Å². The highest BCUT2D eigenvalue weighted by Gasteiger charge is 2.42. The Kier molecular flexibility index (Phi) is 7.38. The normalized spacial score (nSPS) is 15.2. The molecular formula is C31H32N4O3. The summed E-state index contributed by atoms with van der Waals surface area (Å²) in [7, 11) is 0. The van der Waals surface area contributed by atoms with Crippen molar-refractivity contribution >= 4 is 34.2 Å². The number of carbonyl (C=O) groups is 2. The minimum absolute atomic E-state index is 0.134. The number of para-hydroxylation sites is 1. The van der Waals surface area contributed by atoms with Gasteiger partial charge in [0.05, 0.1) is 10.9 Å². The van der Waals surface area contributed by atoms with Crippen molar-refractivity contribution in [3.05, 3.63) is 102 Å². The molecule has 0 radical (unpaired) electrons. The summed E-state index contributed by atoms with van der Waals surface area (Å²) in [6, 6.07) is 27.0. The summed E-state index contributed by atoms with van der Waals surface area (Å²) in [6.45, 7) is 4.49. The van der Waals surface area contributed by atoms with Crippen LogP contribution in [-0.4, -0.2) is 53.0 Å². The van der Waals surface area contributed by atoms with Gasteiger partial charge in [0.15, 0.2) is 0 Å². The number of likely N-dealkylation sites (tertiary alicyclic amines) is 1. The number of pyridine rings is 1. The fourth-order valence-electron chi connectivity index (χ4n) is 5.28. The minimum Gasteiger partial charge on any atom is -0.481 e. The van der Waals surface area contributed by atoms with Gasteiger partial charge in [0.1, 0.15) is 0 Å². The topological polar surface area (TPSA) is 94.6 Å². The predicted molar refractivity (Wildman–Crippen MR) is 150 cm³/mol. The van der Waals surface area contributed by atoms with Gasteiger partial charge in [0.25, 0.3) is 5.91 Å². The van der Waals surface area contributed by atoms with E-state index in [1.165, 1.54) is 0 Å². The molecule has 5 rings (SSSR count). The van der Waals surface area contributed by atoms with Crippen LogP contribution in [0.1, 0.15) is 34.5 Å². The van der Waals surface area contributed by atoms with E-state index in [1.54, 1.807) is 6.07 Å². The van der Waals surface area contributed by atoms with E-state index in [4.69, 9.17) is 0 Å². The van der Waals surface area contributed by atoms with Crippen LogP contribution < -0.4 is 10.6 Å². The standard InChI is InChI=1S/C31H32N4O3/c1-22-20-28(26-12-5-6-13-27(26)33-22)34-25-11-7-8-23(21-25)29(36)32-16-19-35-17-14-31(15-18-35,30(37)38)24-9-3-2-4-10-24/h2-13,20-21H,14-19H2,1H3,(H,32,36)(H,33,34)(H,37,38). The van der Waals surface area contributed by atoms with Crippen LogP contribution in [0.4, 0.5) is 11.4 Å². The minimum atomic E-state index is -0.840. The summed E-state index contributed by atoms with van der Waals surface area (Å²) in [5.41, 5.74) is 4.22. The summed E-state index contributed by atoms with van der Waals surface area (Å²) in [5, 5.41) is 17.5. The lowest BCUT2D eigenvalue weighted by atomic mass is 9.73. The zero-order valence-corrected chi connectivity index (χ0v) is 21.5. The molecular weight excluding hydrogens is 476 g/mol. The van der Waals surface area contributed by atoms with Gasteiger partial charge < -0.3 is 20.6 Å². The summed E-state index contributed by atoms with van der Waals surface area (Å²) in [6.07, 6.45) is 1.11. The molecule has 0 spiro atoms. The molecule has 4 aromatic rings. The summed E-state index contributed by atoms with van der Waals surface area (Å²) in [4.78, 5) is 31.9. The van der Waals surface area contributed by atoms with E-state index in [-0.39, 0.29) is 5.91 Å². The van der Waals surface area contributed by atoms with Crippen LogP contribution in [-0.2, 0) is 10.2 Å². The van der Waals surface area contributed by atoms with E-state index < -0.39 is 11.4 Å². The number of aryl methyl sites for hydroxylation is 1. The van der Waals surface area contributed by atoms with E-state index in [2.05, 4.69) is 20.5 Å². The fourth-order valence-corrected chi connectivity index (χ4v) is 5.28. The summed E-state index contributed by atoms with van der Waals surface area (Å²) < 4.78 is 0. The first-order chi connectivity index (χ1) is 18.4. The van der Waals surface area contributed by atoms with Crippen molar-refractivity contribution in [2.24, 2.45) is 0 Å². The number of rotatable bonds is 8. The quantitative estimate of drug-likeness (QED) is 0.305. The van der Waals surface area contributed by atoms with Crippen LogP contribution in [0.3, 0.4) is 0 Å². The number of carboxylic acid groups (broad SMARTS) is 1. The Hall–Kier alpha value is -4.23. The molecule has 0 bridgehead atoms. The van der Waals surface area contributed by atoms with Crippen molar-refractivity contribution in [1.29, 1.82) is 0 Å². The molecule has 1 aliphatic rings. The number of anilines is 2. The van der Waals surface area contributed by atoms with Gasteiger partial charge in [-0.15, -0.1) is 0 Å². The Balaban J connectivity index is 1.17. The Morgan fingerprint density at radius 1 is 0.947 bits per heavy atom. The largest absolute Gasteiger partial charge is 0.481 e. The number of carboxylic acids is 1. The third-order valence-corrected chi connectivity index (χ3v) is 7.41. The van der Waals surface area contributed by atoms with Crippen LogP contribution in [0.15, 0.2) is 84.9 Å². The summed E-state index contributed by atoms with van der Waals surface area (Å²) in [5.74, 6) is -0.898. The van der Waals surface area contributed by atoms with Gasteiger partial charge in [-0.1, -0.05) is 54.6 Å². The third-order valence-electron chi connectivity index (χ3n) is 7.41. The second-order valence-electron chi connectivity index (χ2n) is 9.88. The van der Waals surface area contributed by atoms with Gasteiger partial charge in [-0.25, -0.2) is 0 Å². The Morgan fingerprint density at radius 2 is 1.68 bits per heavy atom. The smallest absolute Gasteiger partial charge is 0.314 e. The van der Waals surface area contributed by atoms with Crippen molar-refractivity contribution in [2.75, 3.05) is 31.5 Å². The molecule has 0 atom stereocenters. The van der Waals surface area contributed by atoms with Crippen molar-refractivity contribution in [3.63, 3.8) is 0 Å². The van der Waals surface area contributed by atoms with Gasteiger partial charge in [-0.05, 0) is 68.8 Å². The lowest BCUT2D eigenvalue weighted by molar-refractivity contribution is -0.146. The monoisotopic (exact) mass is 508 g/mol. The Morgan fingerprint density at radius 3 is 2.45 bits per heavy atom. The van der Waals surface area contributed by atoms with Crippen molar-refractivity contribution in [3.8, 4) is 0 Å². The highest BCUT2D eigenvalue weighted by Crippen LogP contribution is 2.35. The van der Waals surface area contributed by atoms with Crippen LogP contribution >= 0.6 is 0 Å². The average molecular weight is 509 g/mol. The molecule has 0 saturated carbocycles. The lowest BCUT2D eigenvalue weighted by Crippen LogP contribution is -2.48. The molecule has 38 heavy (non-hydrogen) atoms. The molecule has 1 aromatic heterocycles. The fraction of sp³-hybridized carbons (Fsp3) is 0.258. The van der Waals surface area contributed by atoms with Gasteiger partial charge >= 0.3 is 5.97 Å². The zero-order valence-electron chi connectivity index (χ0n) is 21.5. The van der Waals surface area contributed by atoms with E-state index in [0.717, 1.165) is 33.5 Å². The number of carbonyl (C=O) groups excluding carboxylic acids is 1. The maximum atomic E-state index is 12.9. The molecule has 194 valence electrons. The number of hydrogen-bond acceptors (Lipinski definition) is 5. The van der Waals surface area contributed by atoms with Crippen molar-refractivity contribution < 1.29 is 14.7 Å². The van der Waals surface area contributed by atoms with Crippen LogP contribution in [0.5, 0.6) is 0 Å². The molecule has 1 fully saturated rings. The lowest BCUT2D eigenvalue weighted by Gasteiger charge is -2.39. The van der Waals surface area contributed by atoms with E-state index in [0.29, 0.717) is 44.6 Å². The number of fused-ring (bicyclic) bond motifs is 1. The number of amides is 1. The number of piperidine rings is 1. The molecule has 3 N–H and O–H groups in total. The molecule has 2 heterocycles. The number of nitrogens with one attached hydrogen (secondary N) is 2. The first-order valence-electron chi connectivity index (χ1n) is 13.0. The second kappa shape index (κ2) is 11.0. The maximum Gasteiger partial charge on any atom is 0.314 e. The predicted octanol–water partition coefficient (Wildman–Crippen LogP) is 5.14. The molecule has 3 aromatic carbocycles. The van der Waals surface area contributed by atoms with Crippen molar-refractivity contribution in [2.45, 2.75) is 25.2 Å². The highest BCUT2D eigenvalue weighted by atomic mass is 16.4. The highest BCUT2D eigenvalue weighted by molar-refractivity contribution is 5.96. The Bertz CT molecular complexity index is 1450. The number of aliphatic carboxylic acids is 1. The summed E-state index contributed by atoms with van der Waals surface area (Å²) >= 11 is 0. The third kappa shape index (κ3) is 5.38. The van der Waals surface area contributed by atoms with E-state index in [1.807, 2.05) is 85.8 Å². The first kappa shape index (κ1) is 25.4. The number of nitrogens with zero attached hydrogens (tertiary/aromatic N) is 2. The van der Waals surface area contributed by atoms with Crippen LogP contribution in [0.25, 0.3) is 10.9 Å². The molecule has 7 heteroatoms. The van der Waals surface area contributed by atoms with Gasteiger partial charge in [0.2, 0.25) is 0 Å². The average Bonchev–Trinajstić information content (AvgIpc) is 2.94. The number of benzene rings is 3. The molecule has 1 aliphatic heterocycles. The maximum absolute atomic E-state index is 12.9. The van der Waals surface area contributed by atoms with Gasteiger partial charge in [-0.3, -0.25) is 14.6 Å². The number of hydrogen-bond donors (Lipinski definition) is 3. The Labute approximate surface area is 222 Å². The molecule has 7 nitrogen and oxygen atoms in total. The molecule has 0 unspecified atom stereocenters. The van der Waals surface area contributed by atoms with Crippen LogP contribution in [0, 0.1) is 6.92 Å². The molecule has 1 amide bonds. The second-order valence-corrected chi connectivity index (χ2v) is 9.88. The molecule has 1 saturated heterocycles. The SMILES string of the molecule is Cc1cc(Nc2cccc(C(=O)NCCN3CCC(C(=O)O)(c4ccccc4)CC3)c2)c2ccccc2n1. The van der Waals surface area contributed by atoms with E-state index in [9.17, 15) is 14.7 Å². The molecule has 0 aliphatic carbocycles. The van der Waals surface area contributed by atoms with Gasteiger partial charge in [-0.2, -0.15) is 0 Å². The first-order valence-corrected chi connectivity index (χ1v) is 13.0. The van der Waals surface area contributed by atoms with Gasteiger partial charge in [0, 0.05) is 41.1 Å². The van der Waals surface area contributed by atoms with Crippen LogP contribution in [0.2, 0.25) is 0 Å². The van der Waals surface area contributed by atoms with E-state index >= 15 is 0 Å². The zero-order chi connectivity index (χ0) is 26.5. The number of aromatic nitrogens is 1.